The van der Waals surface area contributed by atoms with Gasteiger partial charge in [-0.3, -0.25) is 9.48 Å². The SMILES string of the molecule is CC1Oc2ccccc2OC1C(=O)Nc1cnn(C)c1. The summed E-state index contributed by atoms with van der Waals surface area (Å²) in [5, 5.41) is 6.77. The summed E-state index contributed by atoms with van der Waals surface area (Å²) in [6, 6.07) is 7.31. The molecule has 104 valence electrons. The monoisotopic (exact) mass is 273 g/mol. The van der Waals surface area contributed by atoms with Crippen molar-refractivity contribution < 1.29 is 14.3 Å². The molecule has 0 spiro atoms. The Morgan fingerprint density at radius 1 is 1.30 bits per heavy atom. The largest absolute Gasteiger partial charge is 0.482 e. The van der Waals surface area contributed by atoms with E-state index < -0.39 is 6.10 Å². The molecule has 1 aromatic carbocycles. The number of aromatic nitrogens is 2. The van der Waals surface area contributed by atoms with Gasteiger partial charge in [-0.25, -0.2) is 0 Å². The number of ether oxygens (including phenoxy) is 2. The number of nitrogens with one attached hydrogen (secondary N) is 1. The third-order valence-corrected chi connectivity index (χ3v) is 3.07. The summed E-state index contributed by atoms with van der Waals surface area (Å²) >= 11 is 0. The molecule has 3 rings (SSSR count). The number of carbonyl (C=O) groups excluding carboxylic acids is 1. The second-order valence-electron chi connectivity index (χ2n) is 4.70. The molecule has 1 aromatic heterocycles. The molecule has 20 heavy (non-hydrogen) atoms. The first-order chi connectivity index (χ1) is 9.63. The molecule has 2 heterocycles. The number of hydrogen-bond acceptors (Lipinski definition) is 4. The smallest absolute Gasteiger partial charge is 0.269 e. The summed E-state index contributed by atoms with van der Waals surface area (Å²) in [7, 11) is 1.79. The molecule has 1 N–H and O–H groups in total. The number of anilines is 1. The third kappa shape index (κ3) is 2.32. The van der Waals surface area contributed by atoms with Crippen molar-refractivity contribution in [1.29, 1.82) is 0 Å². The first kappa shape index (κ1) is 12.5. The van der Waals surface area contributed by atoms with Gasteiger partial charge in [0.25, 0.3) is 5.91 Å². The fourth-order valence-electron chi connectivity index (χ4n) is 2.11. The highest BCUT2D eigenvalue weighted by molar-refractivity contribution is 5.94. The maximum atomic E-state index is 12.2. The van der Waals surface area contributed by atoms with Crippen LogP contribution in [0.4, 0.5) is 5.69 Å². The zero-order valence-corrected chi connectivity index (χ0v) is 11.2. The third-order valence-electron chi connectivity index (χ3n) is 3.07. The highest BCUT2D eigenvalue weighted by atomic mass is 16.6. The van der Waals surface area contributed by atoms with E-state index in [1.807, 2.05) is 25.1 Å². The van der Waals surface area contributed by atoms with E-state index in [0.717, 1.165) is 0 Å². The molecule has 6 heteroatoms. The van der Waals surface area contributed by atoms with Crippen LogP contribution >= 0.6 is 0 Å². The molecule has 1 aliphatic rings. The molecular formula is C14H15N3O3. The van der Waals surface area contributed by atoms with E-state index in [4.69, 9.17) is 9.47 Å². The van der Waals surface area contributed by atoms with Crippen molar-refractivity contribution in [2.24, 2.45) is 7.05 Å². The lowest BCUT2D eigenvalue weighted by Gasteiger charge is -2.30. The molecular weight excluding hydrogens is 258 g/mol. The van der Waals surface area contributed by atoms with Crippen LogP contribution in [0.1, 0.15) is 6.92 Å². The van der Waals surface area contributed by atoms with Crippen molar-refractivity contribution in [3.63, 3.8) is 0 Å². The van der Waals surface area contributed by atoms with E-state index in [-0.39, 0.29) is 12.0 Å². The first-order valence-electron chi connectivity index (χ1n) is 6.35. The minimum Gasteiger partial charge on any atom is -0.482 e. The maximum Gasteiger partial charge on any atom is 0.269 e. The van der Waals surface area contributed by atoms with Gasteiger partial charge in [0, 0.05) is 13.2 Å². The van der Waals surface area contributed by atoms with Crippen LogP contribution in [0, 0.1) is 0 Å². The molecule has 0 aliphatic carbocycles. The summed E-state index contributed by atoms with van der Waals surface area (Å²) in [4.78, 5) is 12.2. The summed E-state index contributed by atoms with van der Waals surface area (Å²) in [5.74, 6) is 0.988. The van der Waals surface area contributed by atoms with E-state index in [9.17, 15) is 4.79 Å². The fraction of sp³-hybridized carbons (Fsp3) is 0.286. The minimum absolute atomic E-state index is 0.250. The van der Waals surface area contributed by atoms with Crippen molar-refractivity contribution in [2.75, 3.05) is 5.32 Å². The summed E-state index contributed by atoms with van der Waals surface area (Å²) in [6.07, 6.45) is 2.26. The van der Waals surface area contributed by atoms with Gasteiger partial charge in [0.1, 0.15) is 6.10 Å². The lowest BCUT2D eigenvalue weighted by molar-refractivity contribution is -0.128. The molecule has 0 radical (unpaired) electrons. The van der Waals surface area contributed by atoms with Crippen LogP contribution < -0.4 is 14.8 Å². The predicted octanol–water partition coefficient (Wildman–Crippen LogP) is 1.59. The Morgan fingerprint density at radius 3 is 2.65 bits per heavy atom. The molecule has 1 aliphatic heterocycles. The van der Waals surface area contributed by atoms with Gasteiger partial charge in [0.15, 0.2) is 11.5 Å². The molecule has 0 saturated heterocycles. The maximum absolute atomic E-state index is 12.2. The van der Waals surface area contributed by atoms with Crippen LogP contribution in [-0.4, -0.2) is 27.9 Å². The minimum atomic E-state index is -0.690. The number of aryl methyl sites for hydroxylation is 1. The number of fused-ring (bicyclic) bond motifs is 1. The van der Waals surface area contributed by atoms with E-state index in [1.54, 1.807) is 30.2 Å². The van der Waals surface area contributed by atoms with E-state index in [0.29, 0.717) is 17.2 Å². The van der Waals surface area contributed by atoms with Crippen molar-refractivity contribution >= 4 is 11.6 Å². The lowest BCUT2D eigenvalue weighted by Crippen LogP contribution is -2.46. The van der Waals surface area contributed by atoms with Crippen molar-refractivity contribution in [2.45, 2.75) is 19.1 Å². The van der Waals surface area contributed by atoms with E-state index in [1.165, 1.54) is 0 Å². The second-order valence-corrected chi connectivity index (χ2v) is 4.70. The lowest BCUT2D eigenvalue weighted by atomic mass is 10.1. The highest BCUT2D eigenvalue weighted by Crippen LogP contribution is 2.33. The molecule has 0 fully saturated rings. The van der Waals surface area contributed by atoms with Crippen molar-refractivity contribution in [3.8, 4) is 11.5 Å². The van der Waals surface area contributed by atoms with Gasteiger partial charge in [0.05, 0.1) is 11.9 Å². The van der Waals surface area contributed by atoms with Gasteiger partial charge < -0.3 is 14.8 Å². The fourth-order valence-corrected chi connectivity index (χ4v) is 2.11. The number of hydrogen-bond donors (Lipinski definition) is 1. The van der Waals surface area contributed by atoms with Crippen LogP contribution in [0.2, 0.25) is 0 Å². The molecule has 6 nitrogen and oxygen atoms in total. The number of carbonyl (C=O) groups is 1. The first-order valence-corrected chi connectivity index (χ1v) is 6.35. The average molecular weight is 273 g/mol. The highest BCUT2D eigenvalue weighted by Gasteiger charge is 2.34. The molecule has 2 atom stereocenters. The quantitative estimate of drug-likeness (QED) is 0.902. The molecule has 0 saturated carbocycles. The Labute approximate surface area is 116 Å². The van der Waals surface area contributed by atoms with Crippen molar-refractivity contribution in [1.82, 2.24) is 9.78 Å². The van der Waals surface area contributed by atoms with Gasteiger partial charge in [-0.05, 0) is 19.1 Å². The molecule has 0 bridgehead atoms. The zero-order valence-electron chi connectivity index (χ0n) is 11.2. The Kier molecular flexibility index (Phi) is 3.06. The standard InChI is InChI=1S/C14H15N3O3/c1-9-13(14(18)16-10-7-15-17(2)8-10)20-12-6-4-3-5-11(12)19-9/h3-9,13H,1-2H3,(H,16,18). The van der Waals surface area contributed by atoms with Crippen LogP contribution in [0.25, 0.3) is 0 Å². The molecule has 1 amide bonds. The van der Waals surface area contributed by atoms with Crippen molar-refractivity contribution in [3.05, 3.63) is 36.7 Å². The zero-order chi connectivity index (χ0) is 14.1. The van der Waals surface area contributed by atoms with Crippen LogP contribution in [-0.2, 0) is 11.8 Å². The predicted molar refractivity (Wildman–Crippen MR) is 72.8 cm³/mol. The van der Waals surface area contributed by atoms with E-state index >= 15 is 0 Å². The Hall–Kier alpha value is -2.50. The van der Waals surface area contributed by atoms with Crippen LogP contribution in [0.5, 0.6) is 11.5 Å². The number of rotatable bonds is 2. The number of amides is 1. The average Bonchev–Trinajstić information content (AvgIpc) is 2.83. The van der Waals surface area contributed by atoms with E-state index in [2.05, 4.69) is 10.4 Å². The number of para-hydroxylation sites is 2. The van der Waals surface area contributed by atoms with Gasteiger partial charge in [-0.2, -0.15) is 5.10 Å². The van der Waals surface area contributed by atoms with Crippen LogP contribution in [0.3, 0.4) is 0 Å². The van der Waals surface area contributed by atoms with Gasteiger partial charge in [0.2, 0.25) is 6.10 Å². The number of benzene rings is 1. The number of nitrogens with zero attached hydrogens (tertiary/aromatic N) is 2. The summed E-state index contributed by atoms with van der Waals surface area (Å²) < 4.78 is 13.0. The molecule has 2 unspecified atom stereocenters. The summed E-state index contributed by atoms with van der Waals surface area (Å²) in [6.45, 7) is 1.81. The Bertz CT molecular complexity index is 638. The van der Waals surface area contributed by atoms with Crippen LogP contribution in [0.15, 0.2) is 36.7 Å². The van der Waals surface area contributed by atoms with Gasteiger partial charge in [-0.15, -0.1) is 0 Å². The Morgan fingerprint density at radius 2 is 2.00 bits per heavy atom. The summed E-state index contributed by atoms with van der Waals surface area (Å²) in [5.41, 5.74) is 0.632. The Balaban J connectivity index is 1.75. The molecule has 2 aromatic rings. The second kappa shape index (κ2) is 4.88. The normalized spacial score (nSPS) is 20.5. The van der Waals surface area contributed by atoms with Gasteiger partial charge in [-0.1, -0.05) is 12.1 Å². The van der Waals surface area contributed by atoms with Gasteiger partial charge >= 0.3 is 0 Å². The topological polar surface area (TPSA) is 65.4 Å².